The molecule has 0 unspecified atom stereocenters. The molecule has 3 rings (SSSR count). The fraction of sp³-hybridized carbons (Fsp3) is 0.538. The first-order valence-electron chi connectivity index (χ1n) is 6.42. The number of ether oxygens (including phenoxy) is 1. The van der Waals surface area contributed by atoms with E-state index in [9.17, 15) is 0 Å². The molecule has 1 aliphatic rings. The van der Waals surface area contributed by atoms with Crippen LogP contribution in [0.15, 0.2) is 21.3 Å². The van der Waals surface area contributed by atoms with Gasteiger partial charge in [0.2, 0.25) is 11.7 Å². The third-order valence-corrected chi connectivity index (χ3v) is 3.82. The normalized spacial score (nSPS) is 18.6. The molecule has 19 heavy (non-hydrogen) atoms. The van der Waals surface area contributed by atoms with Gasteiger partial charge in [-0.3, -0.25) is 0 Å². The lowest BCUT2D eigenvalue weighted by Gasteiger charge is -2.32. The molecule has 0 radical (unpaired) electrons. The minimum atomic E-state index is -0.249. The zero-order valence-electron chi connectivity index (χ0n) is 10.9. The summed E-state index contributed by atoms with van der Waals surface area (Å²) in [4.78, 5) is 4.51. The van der Waals surface area contributed by atoms with Crippen LogP contribution in [-0.4, -0.2) is 29.9 Å². The topological polar surface area (TPSA) is 87.3 Å². The number of aryl methyl sites for hydroxylation is 1. The summed E-state index contributed by atoms with van der Waals surface area (Å²) in [5, 5.41) is 4.05. The molecule has 102 valence electrons. The van der Waals surface area contributed by atoms with Crippen LogP contribution in [0, 0.1) is 6.92 Å². The lowest BCUT2D eigenvalue weighted by Crippen LogP contribution is -2.40. The molecule has 1 aliphatic heterocycles. The first-order chi connectivity index (χ1) is 9.25. The first kappa shape index (κ1) is 12.4. The van der Waals surface area contributed by atoms with Gasteiger partial charge < -0.3 is 19.4 Å². The predicted octanol–water partition coefficient (Wildman–Crippen LogP) is 1.64. The molecular formula is C13H17N3O3. The number of aromatic nitrogens is 2. The maximum atomic E-state index is 5.93. The number of furan rings is 1. The number of hydrogen-bond donors (Lipinski definition) is 1. The number of nitrogens with zero attached hydrogens (tertiary/aromatic N) is 2. The third kappa shape index (κ3) is 2.06. The molecule has 6 nitrogen and oxygen atoms in total. The molecular weight excluding hydrogens is 246 g/mol. The van der Waals surface area contributed by atoms with E-state index in [2.05, 4.69) is 10.1 Å². The van der Waals surface area contributed by atoms with E-state index in [1.54, 1.807) is 6.26 Å². The molecule has 0 spiro atoms. The quantitative estimate of drug-likeness (QED) is 0.905. The fourth-order valence-corrected chi connectivity index (χ4v) is 2.43. The van der Waals surface area contributed by atoms with Crippen molar-refractivity contribution in [2.24, 2.45) is 5.73 Å². The Morgan fingerprint density at radius 3 is 2.79 bits per heavy atom. The third-order valence-electron chi connectivity index (χ3n) is 3.82. The average Bonchev–Trinajstić information content (AvgIpc) is 3.08. The van der Waals surface area contributed by atoms with Crippen molar-refractivity contribution in [3.05, 3.63) is 24.0 Å². The highest BCUT2D eigenvalue weighted by Crippen LogP contribution is 2.34. The molecule has 1 fully saturated rings. The van der Waals surface area contributed by atoms with E-state index in [-0.39, 0.29) is 5.41 Å². The Hall–Kier alpha value is -1.66. The summed E-state index contributed by atoms with van der Waals surface area (Å²) >= 11 is 0. The van der Waals surface area contributed by atoms with Crippen LogP contribution in [0.1, 0.15) is 24.5 Å². The Bertz CT molecular complexity index is 555. The van der Waals surface area contributed by atoms with Crippen LogP contribution in [0.4, 0.5) is 0 Å². The Morgan fingerprint density at radius 1 is 1.37 bits per heavy atom. The highest BCUT2D eigenvalue weighted by Gasteiger charge is 2.38. The van der Waals surface area contributed by atoms with E-state index in [0.717, 1.165) is 24.2 Å². The minimum absolute atomic E-state index is 0.249. The highest BCUT2D eigenvalue weighted by molar-refractivity contribution is 5.56. The summed E-state index contributed by atoms with van der Waals surface area (Å²) in [6.45, 7) is 3.72. The van der Waals surface area contributed by atoms with E-state index < -0.39 is 0 Å². The lowest BCUT2D eigenvalue weighted by atomic mass is 9.80. The molecule has 0 aromatic carbocycles. The molecule has 1 saturated heterocycles. The van der Waals surface area contributed by atoms with Crippen molar-refractivity contribution < 1.29 is 13.7 Å². The van der Waals surface area contributed by atoms with Crippen LogP contribution >= 0.6 is 0 Å². The summed E-state index contributed by atoms with van der Waals surface area (Å²) in [6.07, 6.45) is 3.25. The van der Waals surface area contributed by atoms with Crippen LogP contribution in [0.3, 0.4) is 0 Å². The monoisotopic (exact) mass is 263 g/mol. The standard InChI is InChI=1S/C13H17N3O3/c1-9-10(2-5-18-9)11-15-12(19-16-11)13(8-14)3-6-17-7-4-13/h2,5H,3-4,6-8,14H2,1H3. The van der Waals surface area contributed by atoms with Crippen LogP contribution < -0.4 is 5.73 Å². The molecule has 0 atom stereocenters. The van der Waals surface area contributed by atoms with E-state index in [4.69, 9.17) is 19.4 Å². The van der Waals surface area contributed by atoms with Crippen molar-refractivity contribution in [1.82, 2.24) is 10.1 Å². The second-order valence-corrected chi connectivity index (χ2v) is 4.91. The van der Waals surface area contributed by atoms with E-state index >= 15 is 0 Å². The largest absolute Gasteiger partial charge is 0.469 e. The number of rotatable bonds is 3. The molecule has 6 heteroatoms. The molecule has 0 aliphatic carbocycles. The Morgan fingerprint density at radius 2 is 2.16 bits per heavy atom. The van der Waals surface area contributed by atoms with E-state index in [0.29, 0.717) is 31.5 Å². The van der Waals surface area contributed by atoms with Crippen molar-refractivity contribution in [1.29, 1.82) is 0 Å². The zero-order chi connectivity index (χ0) is 13.3. The second-order valence-electron chi connectivity index (χ2n) is 4.91. The van der Waals surface area contributed by atoms with Gasteiger partial charge in [-0.05, 0) is 25.8 Å². The SMILES string of the molecule is Cc1occc1-c1noc(C2(CN)CCOCC2)n1. The van der Waals surface area contributed by atoms with E-state index in [1.807, 2.05) is 13.0 Å². The summed E-state index contributed by atoms with van der Waals surface area (Å²) in [7, 11) is 0. The van der Waals surface area contributed by atoms with Gasteiger partial charge in [-0.25, -0.2) is 0 Å². The molecule has 2 aromatic heterocycles. The van der Waals surface area contributed by atoms with Gasteiger partial charge in [-0.2, -0.15) is 4.98 Å². The van der Waals surface area contributed by atoms with Crippen LogP contribution in [0.25, 0.3) is 11.4 Å². The Kier molecular flexibility index (Phi) is 3.12. The van der Waals surface area contributed by atoms with Crippen molar-refractivity contribution in [3.63, 3.8) is 0 Å². The lowest BCUT2D eigenvalue weighted by molar-refractivity contribution is 0.0409. The second kappa shape index (κ2) is 4.79. The number of hydrogen-bond acceptors (Lipinski definition) is 6. The van der Waals surface area contributed by atoms with Crippen molar-refractivity contribution in [3.8, 4) is 11.4 Å². The van der Waals surface area contributed by atoms with Gasteiger partial charge in [0.15, 0.2) is 0 Å². The Balaban J connectivity index is 1.94. The summed E-state index contributed by atoms with van der Waals surface area (Å²) in [6, 6.07) is 1.84. The van der Waals surface area contributed by atoms with Gasteiger partial charge >= 0.3 is 0 Å². The van der Waals surface area contributed by atoms with Gasteiger partial charge in [0.25, 0.3) is 0 Å². The zero-order valence-corrected chi connectivity index (χ0v) is 10.9. The maximum Gasteiger partial charge on any atom is 0.234 e. The van der Waals surface area contributed by atoms with Crippen LogP contribution in [0.2, 0.25) is 0 Å². The van der Waals surface area contributed by atoms with Crippen molar-refractivity contribution in [2.45, 2.75) is 25.2 Å². The van der Waals surface area contributed by atoms with Crippen molar-refractivity contribution in [2.75, 3.05) is 19.8 Å². The van der Waals surface area contributed by atoms with Gasteiger partial charge in [-0.1, -0.05) is 5.16 Å². The first-order valence-corrected chi connectivity index (χ1v) is 6.42. The molecule has 3 heterocycles. The molecule has 2 aromatic rings. The summed E-state index contributed by atoms with van der Waals surface area (Å²) < 4.78 is 16.1. The molecule has 2 N–H and O–H groups in total. The predicted molar refractivity (Wildman–Crippen MR) is 67.5 cm³/mol. The number of nitrogens with two attached hydrogens (primary N) is 1. The summed E-state index contributed by atoms with van der Waals surface area (Å²) in [5.41, 5.74) is 6.53. The van der Waals surface area contributed by atoms with Crippen molar-refractivity contribution >= 4 is 0 Å². The fourth-order valence-electron chi connectivity index (χ4n) is 2.43. The van der Waals surface area contributed by atoms with Gasteiger partial charge in [0.1, 0.15) is 5.76 Å². The smallest absolute Gasteiger partial charge is 0.234 e. The summed E-state index contributed by atoms with van der Waals surface area (Å²) in [5.74, 6) is 1.94. The van der Waals surface area contributed by atoms with E-state index in [1.165, 1.54) is 0 Å². The van der Waals surface area contributed by atoms with Crippen LogP contribution in [0.5, 0.6) is 0 Å². The van der Waals surface area contributed by atoms with Gasteiger partial charge in [-0.15, -0.1) is 0 Å². The van der Waals surface area contributed by atoms with Gasteiger partial charge in [0.05, 0.1) is 17.2 Å². The van der Waals surface area contributed by atoms with Gasteiger partial charge in [0, 0.05) is 19.8 Å². The maximum absolute atomic E-state index is 5.93. The molecule has 0 saturated carbocycles. The average molecular weight is 263 g/mol. The molecule has 0 amide bonds. The Labute approximate surface area is 110 Å². The minimum Gasteiger partial charge on any atom is -0.469 e. The molecule has 0 bridgehead atoms. The highest BCUT2D eigenvalue weighted by atomic mass is 16.5. The van der Waals surface area contributed by atoms with Crippen LogP contribution in [-0.2, 0) is 10.2 Å².